The fourth-order valence-corrected chi connectivity index (χ4v) is 3.85. The van der Waals surface area contributed by atoms with Gasteiger partial charge in [0.05, 0.1) is 33.6 Å². The van der Waals surface area contributed by atoms with E-state index >= 15 is 0 Å². The second kappa shape index (κ2) is 10.2. The van der Waals surface area contributed by atoms with Gasteiger partial charge in [0, 0.05) is 12.1 Å². The van der Waals surface area contributed by atoms with Gasteiger partial charge in [-0.25, -0.2) is 0 Å². The van der Waals surface area contributed by atoms with Crippen LogP contribution in [0.3, 0.4) is 0 Å². The molecule has 0 aliphatic carbocycles. The SMILES string of the molecule is COc1ccc([C@H]2CCCCCN2CC(=O)Nc2cc(OC)ccc2OC)cc1. The van der Waals surface area contributed by atoms with Gasteiger partial charge >= 0.3 is 0 Å². The first-order chi connectivity index (χ1) is 14.1. The highest BCUT2D eigenvalue weighted by Gasteiger charge is 2.25. The van der Waals surface area contributed by atoms with Crippen LogP contribution in [-0.2, 0) is 4.79 Å². The maximum absolute atomic E-state index is 12.9. The summed E-state index contributed by atoms with van der Waals surface area (Å²) in [5.74, 6) is 2.07. The Morgan fingerprint density at radius 2 is 1.69 bits per heavy atom. The van der Waals surface area contributed by atoms with Crippen molar-refractivity contribution in [1.82, 2.24) is 4.90 Å². The summed E-state index contributed by atoms with van der Waals surface area (Å²) in [7, 11) is 4.86. The number of carbonyl (C=O) groups is 1. The van der Waals surface area contributed by atoms with Crippen LogP contribution >= 0.6 is 0 Å². The zero-order chi connectivity index (χ0) is 20.6. The van der Waals surface area contributed by atoms with Gasteiger partial charge < -0.3 is 19.5 Å². The molecule has 3 rings (SSSR count). The molecule has 1 fully saturated rings. The Labute approximate surface area is 172 Å². The van der Waals surface area contributed by atoms with Crippen molar-refractivity contribution in [3.8, 4) is 17.2 Å². The van der Waals surface area contributed by atoms with Crippen molar-refractivity contribution in [2.75, 3.05) is 39.7 Å². The van der Waals surface area contributed by atoms with E-state index in [-0.39, 0.29) is 11.9 Å². The number of hydrogen-bond acceptors (Lipinski definition) is 5. The van der Waals surface area contributed by atoms with Crippen molar-refractivity contribution in [2.24, 2.45) is 0 Å². The predicted octanol–water partition coefficient (Wildman–Crippen LogP) is 4.27. The van der Waals surface area contributed by atoms with E-state index in [0.717, 1.165) is 25.1 Å². The Morgan fingerprint density at radius 3 is 2.38 bits per heavy atom. The molecule has 0 aromatic heterocycles. The van der Waals surface area contributed by atoms with Gasteiger partial charge in [-0.05, 0) is 49.2 Å². The molecule has 29 heavy (non-hydrogen) atoms. The molecule has 1 aliphatic rings. The van der Waals surface area contributed by atoms with E-state index in [1.807, 2.05) is 18.2 Å². The van der Waals surface area contributed by atoms with Crippen LogP contribution in [0.1, 0.15) is 37.3 Å². The zero-order valence-electron chi connectivity index (χ0n) is 17.4. The van der Waals surface area contributed by atoms with Crippen molar-refractivity contribution in [3.05, 3.63) is 48.0 Å². The first-order valence-electron chi connectivity index (χ1n) is 10.0. The zero-order valence-corrected chi connectivity index (χ0v) is 17.4. The summed E-state index contributed by atoms with van der Waals surface area (Å²) in [6.45, 7) is 1.23. The third-order valence-electron chi connectivity index (χ3n) is 5.39. The molecule has 0 radical (unpaired) electrons. The molecule has 1 amide bonds. The van der Waals surface area contributed by atoms with E-state index in [9.17, 15) is 4.79 Å². The molecule has 1 aliphatic heterocycles. The van der Waals surface area contributed by atoms with Crippen molar-refractivity contribution < 1.29 is 19.0 Å². The second-order valence-electron chi connectivity index (χ2n) is 7.22. The molecular weight excluding hydrogens is 368 g/mol. The normalized spacial score (nSPS) is 17.3. The van der Waals surface area contributed by atoms with E-state index in [2.05, 4.69) is 22.3 Å². The molecule has 6 heteroatoms. The van der Waals surface area contributed by atoms with Crippen molar-refractivity contribution >= 4 is 11.6 Å². The maximum atomic E-state index is 12.9. The average molecular weight is 399 g/mol. The van der Waals surface area contributed by atoms with E-state index in [0.29, 0.717) is 23.7 Å². The van der Waals surface area contributed by atoms with E-state index in [1.54, 1.807) is 33.5 Å². The van der Waals surface area contributed by atoms with Crippen LogP contribution in [0.15, 0.2) is 42.5 Å². The third kappa shape index (κ3) is 5.41. The monoisotopic (exact) mass is 398 g/mol. The van der Waals surface area contributed by atoms with Crippen molar-refractivity contribution in [3.63, 3.8) is 0 Å². The molecule has 156 valence electrons. The Bertz CT molecular complexity index is 807. The minimum Gasteiger partial charge on any atom is -0.497 e. The largest absolute Gasteiger partial charge is 0.497 e. The lowest BCUT2D eigenvalue weighted by atomic mass is 10.0. The lowest BCUT2D eigenvalue weighted by Crippen LogP contribution is -2.36. The van der Waals surface area contributed by atoms with Gasteiger partial charge in [-0.1, -0.05) is 25.0 Å². The smallest absolute Gasteiger partial charge is 0.238 e. The maximum Gasteiger partial charge on any atom is 0.238 e. The molecule has 0 spiro atoms. The second-order valence-corrected chi connectivity index (χ2v) is 7.22. The number of nitrogens with zero attached hydrogens (tertiary/aromatic N) is 1. The van der Waals surface area contributed by atoms with Gasteiger partial charge in [-0.2, -0.15) is 0 Å². The van der Waals surface area contributed by atoms with Crippen LogP contribution in [0.25, 0.3) is 0 Å². The highest BCUT2D eigenvalue weighted by Crippen LogP contribution is 2.32. The van der Waals surface area contributed by atoms with Gasteiger partial charge in [-0.3, -0.25) is 9.69 Å². The van der Waals surface area contributed by atoms with Gasteiger partial charge in [0.1, 0.15) is 17.2 Å². The molecular formula is C23H30N2O4. The highest BCUT2D eigenvalue weighted by atomic mass is 16.5. The number of anilines is 1. The minimum atomic E-state index is -0.0584. The van der Waals surface area contributed by atoms with Gasteiger partial charge in [-0.15, -0.1) is 0 Å². The van der Waals surface area contributed by atoms with Crippen LogP contribution in [0.5, 0.6) is 17.2 Å². The van der Waals surface area contributed by atoms with Crippen LogP contribution in [-0.4, -0.2) is 45.2 Å². The van der Waals surface area contributed by atoms with E-state index in [4.69, 9.17) is 14.2 Å². The number of likely N-dealkylation sites (tertiary alicyclic amines) is 1. The Hall–Kier alpha value is -2.73. The summed E-state index contributed by atoms with van der Waals surface area (Å²) in [4.78, 5) is 15.1. The molecule has 2 aromatic carbocycles. The number of nitrogens with one attached hydrogen (secondary N) is 1. The highest BCUT2D eigenvalue weighted by molar-refractivity contribution is 5.94. The fourth-order valence-electron chi connectivity index (χ4n) is 3.85. The third-order valence-corrected chi connectivity index (χ3v) is 5.39. The molecule has 0 bridgehead atoms. The molecule has 2 aromatic rings. The van der Waals surface area contributed by atoms with E-state index in [1.165, 1.54) is 18.4 Å². The Balaban J connectivity index is 1.74. The molecule has 1 N–H and O–H groups in total. The van der Waals surface area contributed by atoms with Crippen LogP contribution in [0.2, 0.25) is 0 Å². The van der Waals surface area contributed by atoms with E-state index < -0.39 is 0 Å². The quantitative estimate of drug-likeness (QED) is 0.755. The van der Waals surface area contributed by atoms with Crippen LogP contribution in [0.4, 0.5) is 5.69 Å². The first-order valence-corrected chi connectivity index (χ1v) is 10.0. The molecule has 1 saturated heterocycles. The molecule has 0 unspecified atom stereocenters. The lowest BCUT2D eigenvalue weighted by Gasteiger charge is -2.30. The Morgan fingerprint density at radius 1 is 0.966 bits per heavy atom. The van der Waals surface area contributed by atoms with Gasteiger partial charge in [0.15, 0.2) is 0 Å². The summed E-state index contributed by atoms with van der Waals surface area (Å²) < 4.78 is 15.9. The number of hydrogen-bond donors (Lipinski definition) is 1. The summed E-state index contributed by atoms with van der Waals surface area (Å²) >= 11 is 0. The molecule has 0 saturated carbocycles. The number of carbonyl (C=O) groups excluding carboxylic acids is 1. The number of benzene rings is 2. The van der Waals surface area contributed by atoms with Crippen molar-refractivity contribution in [1.29, 1.82) is 0 Å². The number of ether oxygens (including phenoxy) is 3. The summed E-state index contributed by atoms with van der Waals surface area (Å²) in [5.41, 5.74) is 1.84. The minimum absolute atomic E-state index is 0.0584. The summed E-state index contributed by atoms with van der Waals surface area (Å²) in [6, 6.07) is 13.8. The summed E-state index contributed by atoms with van der Waals surface area (Å²) in [6.07, 6.45) is 4.50. The van der Waals surface area contributed by atoms with Crippen LogP contribution < -0.4 is 19.5 Å². The summed E-state index contributed by atoms with van der Waals surface area (Å²) in [5, 5.41) is 2.99. The standard InChI is InChI=1S/C23H30N2O4/c1-27-18-10-8-17(9-11-18)21-7-5-4-6-14-25(21)16-23(26)24-20-15-19(28-2)12-13-22(20)29-3/h8-13,15,21H,4-7,14,16H2,1-3H3,(H,24,26)/t21-/m1/s1. The lowest BCUT2D eigenvalue weighted by molar-refractivity contribution is -0.117. The molecule has 6 nitrogen and oxygen atoms in total. The molecule has 1 atom stereocenters. The topological polar surface area (TPSA) is 60.0 Å². The van der Waals surface area contributed by atoms with Gasteiger partial charge in [0.2, 0.25) is 5.91 Å². The van der Waals surface area contributed by atoms with Crippen molar-refractivity contribution in [2.45, 2.75) is 31.7 Å². The number of methoxy groups -OCH3 is 3. The Kier molecular flexibility index (Phi) is 7.36. The number of amides is 1. The predicted molar refractivity (Wildman–Crippen MR) is 114 cm³/mol. The average Bonchev–Trinajstić information content (AvgIpc) is 2.99. The first kappa shape index (κ1) is 21.0. The van der Waals surface area contributed by atoms with Gasteiger partial charge in [0.25, 0.3) is 0 Å². The fraction of sp³-hybridized carbons (Fsp3) is 0.435. The van der Waals surface area contributed by atoms with Crippen LogP contribution in [0, 0.1) is 0 Å². The number of rotatable bonds is 7. The molecule has 1 heterocycles.